The number of hydrogen-bond donors (Lipinski definition) is 1. The fourth-order valence-electron chi connectivity index (χ4n) is 10.7. The predicted octanol–water partition coefficient (Wildman–Crippen LogP) is 14.1. The lowest BCUT2D eigenvalue weighted by molar-refractivity contribution is 0.0514. The number of rotatable bonds is 12. The van der Waals surface area contributed by atoms with Crippen molar-refractivity contribution in [1.29, 1.82) is 0 Å². The number of nitroso groups, excluding NO2 is 1. The molecule has 9 aromatic rings. The maximum Gasteiger partial charge on any atom is 0.261 e. The highest BCUT2D eigenvalue weighted by atomic mass is 16.3. The zero-order valence-electron chi connectivity index (χ0n) is 43.3. The number of carbonyl (C=O) groups excluding carboxylic acids is 4. The number of unbranched alkanes of at least 4 members (excludes halogenated alkanes) is 1. The number of amides is 4. The lowest BCUT2D eigenvalue weighted by Gasteiger charge is -2.35. The summed E-state index contributed by atoms with van der Waals surface area (Å²) in [5, 5.41) is 15.8. The van der Waals surface area contributed by atoms with Gasteiger partial charge in [0.2, 0.25) is 0 Å². The van der Waals surface area contributed by atoms with Gasteiger partial charge in [-0.1, -0.05) is 103 Å². The van der Waals surface area contributed by atoms with Crippen LogP contribution in [0.1, 0.15) is 140 Å². The van der Waals surface area contributed by atoms with Gasteiger partial charge < -0.3 is 5.11 Å². The molecule has 0 aliphatic carbocycles. The van der Waals surface area contributed by atoms with E-state index in [1.807, 2.05) is 120 Å². The van der Waals surface area contributed by atoms with Gasteiger partial charge in [0.15, 0.2) is 0 Å². The highest BCUT2D eigenvalue weighted by molar-refractivity contribution is 6.43. The Hall–Kier alpha value is -8.53. The van der Waals surface area contributed by atoms with Crippen LogP contribution in [0.25, 0.3) is 77.0 Å². The van der Waals surface area contributed by atoms with Crippen LogP contribution >= 0.6 is 0 Å². The van der Waals surface area contributed by atoms with Crippen LogP contribution in [-0.2, 0) is 0 Å². The quantitative estimate of drug-likeness (QED) is 0.0412. The third-order valence-electron chi connectivity index (χ3n) is 14.3. The first kappa shape index (κ1) is 51.4. The molecule has 2 aliphatic rings. The maximum absolute atomic E-state index is 14.7. The van der Waals surface area contributed by atoms with Crippen molar-refractivity contribution in [3.05, 3.63) is 160 Å². The SMILES string of the molecule is CC.CCC(CC)N1C(=O)c2ccc3c4c(N=O)cc5c6c(ccc(c7c(C#Cc8ccc(-c9cc(-c%10ccccn%10)nc(-c%10ccccn%10)c9)cc8)cc(c2c37)C1=O)c64)C(=O)N(C(CC)CC)C5=O.CCCCO. The second-order valence-electron chi connectivity index (χ2n) is 18.4. The molecule has 0 fully saturated rings. The second kappa shape index (κ2) is 21.9. The lowest BCUT2D eigenvalue weighted by Crippen LogP contribution is -2.46. The lowest BCUT2D eigenvalue weighted by atomic mass is 9.80. The van der Waals surface area contributed by atoms with Crippen molar-refractivity contribution in [3.63, 3.8) is 0 Å². The minimum Gasteiger partial charge on any atom is -0.396 e. The van der Waals surface area contributed by atoms with Gasteiger partial charge in [0.05, 0.1) is 28.3 Å². The van der Waals surface area contributed by atoms with Crippen molar-refractivity contribution in [2.24, 2.45) is 5.18 Å². The zero-order valence-corrected chi connectivity index (χ0v) is 43.3. The summed E-state index contributed by atoms with van der Waals surface area (Å²) in [6.07, 6.45) is 7.83. The summed E-state index contributed by atoms with van der Waals surface area (Å²) in [5.41, 5.74) is 7.24. The van der Waals surface area contributed by atoms with Crippen LogP contribution < -0.4 is 0 Å². The number of nitrogens with zero attached hydrogens (tertiary/aromatic N) is 6. The van der Waals surface area contributed by atoms with Gasteiger partial charge in [-0.25, -0.2) is 4.98 Å². The van der Waals surface area contributed by atoms with Crippen molar-refractivity contribution in [2.45, 2.75) is 99.1 Å². The summed E-state index contributed by atoms with van der Waals surface area (Å²) in [4.78, 5) is 87.6. The molecule has 0 spiro atoms. The van der Waals surface area contributed by atoms with Crippen LogP contribution in [0, 0.1) is 16.7 Å². The van der Waals surface area contributed by atoms with Gasteiger partial charge in [0.1, 0.15) is 5.69 Å². The topological polar surface area (TPSA) is 163 Å². The molecule has 12 nitrogen and oxygen atoms in total. The predicted molar refractivity (Wildman–Crippen MR) is 298 cm³/mol. The average molecular weight is 995 g/mol. The zero-order chi connectivity index (χ0) is 53.1. The fraction of sp³-hybridized carbons (Fsp3) is 0.254. The van der Waals surface area contributed by atoms with E-state index in [1.165, 1.54) is 15.9 Å². The number of aliphatic hydroxyl groups excluding tert-OH is 1. The summed E-state index contributed by atoms with van der Waals surface area (Å²) in [6.45, 7) is 14.2. The number of aromatic nitrogens is 3. The van der Waals surface area contributed by atoms with E-state index in [2.05, 4.69) is 33.9 Å². The second-order valence-corrected chi connectivity index (χ2v) is 18.4. The van der Waals surface area contributed by atoms with Gasteiger partial charge >= 0.3 is 0 Å². The van der Waals surface area contributed by atoms with Gasteiger partial charge in [0.25, 0.3) is 23.6 Å². The van der Waals surface area contributed by atoms with Crippen LogP contribution in [0.15, 0.2) is 127 Å². The number of imide groups is 2. The number of carbonyl (C=O) groups is 4. The highest BCUT2D eigenvalue weighted by Crippen LogP contribution is 2.50. The molecule has 0 radical (unpaired) electrons. The third-order valence-corrected chi connectivity index (χ3v) is 14.3. The van der Waals surface area contributed by atoms with Crippen molar-refractivity contribution >= 4 is 72.4 Å². The van der Waals surface area contributed by atoms with Gasteiger partial charge in [-0.3, -0.25) is 38.9 Å². The summed E-state index contributed by atoms with van der Waals surface area (Å²) in [5.74, 6) is 5.13. The van der Waals surface area contributed by atoms with Crippen LogP contribution in [0.2, 0.25) is 0 Å². The van der Waals surface area contributed by atoms with Crippen LogP contribution in [0.3, 0.4) is 0 Å². The number of benzene rings is 6. The number of hydrogen-bond acceptors (Lipinski definition) is 10. The van der Waals surface area contributed by atoms with E-state index in [9.17, 15) is 24.1 Å². The summed E-state index contributed by atoms with van der Waals surface area (Å²) in [6, 6.07) is 33.0. The Balaban J connectivity index is 0.000000931. The molecular weight excluding hydrogens is 937 g/mol. The Labute approximate surface area is 436 Å². The molecule has 4 amide bonds. The molecule has 0 atom stereocenters. The van der Waals surface area contributed by atoms with E-state index in [-0.39, 0.29) is 29.2 Å². The highest BCUT2D eigenvalue weighted by Gasteiger charge is 2.41. The molecule has 6 aromatic carbocycles. The molecule has 1 N–H and O–H groups in total. The number of pyridine rings is 3. The molecular formula is C63H58N6O6. The van der Waals surface area contributed by atoms with E-state index in [1.54, 1.807) is 36.7 Å². The third kappa shape index (κ3) is 8.87. The first-order valence-corrected chi connectivity index (χ1v) is 26.1. The Kier molecular flexibility index (Phi) is 15.0. The van der Waals surface area contributed by atoms with Crippen molar-refractivity contribution in [2.75, 3.05) is 6.61 Å². The molecule has 2 aliphatic heterocycles. The molecule has 0 saturated carbocycles. The molecule has 75 heavy (non-hydrogen) atoms. The standard InChI is InChI=1S/C57H42N6O5.C4H10O.C2H6/c1-5-35(6-2)62-54(64)39-24-22-38-51-47(61-68)30-42-50-40(55(65)63(57(42)67)36(7-3)8-4)23-21-37(53(50)51)48-33(27-41(56(62)66)49(39)52(38)48)20-17-31-15-18-32(19-16-31)34-28-45(43-13-9-11-25-58-43)60-46(29-34)44-14-10-12-26-59-44;1-2-3-4-5;1-2/h9-16,18-19,21-30,35-36H,5-8H2,1-4H3;5H,2-4H2,1H3;1-2H3. The van der Waals surface area contributed by atoms with E-state index in [0.717, 1.165) is 35.4 Å². The smallest absolute Gasteiger partial charge is 0.261 e. The maximum atomic E-state index is 14.7. The molecule has 11 rings (SSSR count). The fourth-order valence-corrected chi connectivity index (χ4v) is 10.7. The van der Waals surface area contributed by atoms with Crippen LogP contribution in [0.5, 0.6) is 0 Å². The van der Waals surface area contributed by atoms with Crippen LogP contribution in [-0.4, -0.2) is 72.2 Å². The molecule has 5 heterocycles. The molecule has 0 bridgehead atoms. The Morgan fingerprint density at radius 2 is 1.01 bits per heavy atom. The minimum absolute atomic E-state index is 0.0257. The van der Waals surface area contributed by atoms with E-state index in [4.69, 9.17) is 10.1 Å². The summed E-state index contributed by atoms with van der Waals surface area (Å²) < 4.78 is 0. The summed E-state index contributed by atoms with van der Waals surface area (Å²) >= 11 is 0. The first-order chi connectivity index (χ1) is 36.6. The van der Waals surface area contributed by atoms with Gasteiger partial charge in [-0.15, -0.1) is 4.91 Å². The Morgan fingerprint density at radius 3 is 1.47 bits per heavy atom. The monoisotopic (exact) mass is 994 g/mol. The molecule has 0 saturated heterocycles. The molecule has 3 aromatic heterocycles. The van der Waals surface area contributed by atoms with Crippen molar-refractivity contribution < 1.29 is 24.3 Å². The molecule has 0 unspecified atom stereocenters. The van der Waals surface area contributed by atoms with E-state index < -0.39 is 17.7 Å². The van der Waals surface area contributed by atoms with Crippen molar-refractivity contribution in [1.82, 2.24) is 24.8 Å². The molecule has 376 valence electrons. The van der Waals surface area contributed by atoms with Crippen molar-refractivity contribution in [3.8, 4) is 45.7 Å². The molecule has 12 heteroatoms. The Morgan fingerprint density at radius 1 is 0.520 bits per heavy atom. The normalized spacial score (nSPS) is 12.9. The largest absolute Gasteiger partial charge is 0.396 e. The van der Waals surface area contributed by atoms with E-state index >= 15 is 0 Å². The van der Waals surface area contributed by atoms with Gasteiger partial charge in [-0.2, -0.15) is 0 Å². The van der Waals surface area contributed by atoms with Crippen LogP contribution in [0.4, 0.5) is 5.69 Å². The van der Waals surface area contributed by atoms with E-state index in [0.29, 0.717) is 115 Å². The Bertz CT molecular complexity index is 3690. The number of aliphatic hydroxyl groups is 1. The minimum atomic E-state index is -0.477. The average Bonchev–Trinajstić information content (AvgIpc) is 3.47. The first-order valence-electron chi connectivity index (χ1n) is 26.1. The van der Waals surface area contributed by atoms with Gasteiger partial charge in [0, 0.05) is 91.2 Å². The number of fused-ring (bicyclic) bond motifs is 2. The van der Waals surface area contributed by atoms with Gasteiger partial charge in [-0.05, 0) is 132 Å². The summed E-state index contributed by atoms with van der Waals surface area (Å²) in [7, 11) is 0.